The zero-order valence-electron chi connectivity index (χ0n) is 17.2. The molecule has 33 heavy (non-hydrogen) atoms. The van der Waals surface area contributed by atoms with Crippen LogP contribution in [0.4, 0.5) is 37.0 Å². The fourth-order valence-electron chi connectivity index (χ4n) is 3.99. The molecule has 1 atom stereocenters. The van der Waals surface area contributed by atoms with Gasteiger partial charge in [-0.25, -0.2) is 9.78 Å². The quantitative estimate of drug-likeness (QED) is 0.636. The number of carbonyl (C=O) groups is 1. The number of halogens is 6. The van der Waals surface area contributed by atoms with Gasteiger partial charge in [-0.15, -0.1) is 0 Å². The Morgan fingerprint density at radius 1 is 0.970 bits per heavy atom. The smallest absolute Gasteiger partial charge is 0.417 e. The molecule has 2 aromatic rings. The molecule has 4 rings (SSSR count). The maximum Gasteiger partial charge on any atom is 0.417 e. The highest BCUT2D eigenvalue weighted by atomic mass is 19.4. The van der Waals surface area contributed by atoms with Crippen molar-refractivity contribution >= 4 is 11.8 Å². The van der Waals surface area contributed by atoms with E-state index in [0.717, 1.165) is 24.3 Å². The molecule has 0 radical (unpaired) electrons. The molecule has 1 N–H and O–H groups in total. The second kappa shape index (κ2) is 8.73. The number of ether oxygens (including phenoxy) is 1. The Morgan fingerprint density at radius 3 is 2.24 bits per heavy atom. The molecule has 1 unspecified atom stereocenters. The molecule has 12 heteroatoms. The van der Waals surface area contributed by atoms with E-state index >= 15 is 0 Å². The number of nitrogens with one attached hydrogen (secondary N) is 1. The number of benzene rings is 1. The summed E-state index contributed by atoms with van der Waals surface area (Å²) in [6, 6.07) is 4.82. The number of pyridine rings is 1. The minimum Gasteiger partial charge on any atom is -0.493 e. The number of amides is 2. The van der Waals surface area contributed by atoms with Crippen molar-refractivity contribution in [2.75, 3.05) is 38.1 Å². The van der Waals surface area contributed by atoms with E-state index in [0.29, 0.717) is 51.0 Å². The summed E-state index contributed by atoms with van der Waals surface area (Å²) >= 11 is 0. The van der Waals surface area contributed by atoms with E-state index < -0.39 is 29.5 Å². The van der Waals surface area contributed by atoms with Crippen LogP contribution in [0.3, 0.4) is 0 Å². The molecule has 0 aliphatic carbocycles. The molecule has 1 aromatic heterocycles. The Hall–Kier alpha value is -3.02. The summed E-state index contributed by atoms with van der Waals surface area (Å²) < 4.78 is 82.3. The van der Waals surface area contributed by atoms with Gasteiger partial charge in [0, 0.05) is 50.4 Å². The zero-order valence-corrected chi connectivity index (χ0v) is 17.2. The molecular formula is C21H20F6N4O2. The summed E-state index contributed by atoms with van der Waals surface area (Å²) in [7, 11) is 0. The number of carbonyl (C=O) groups excluding carboxylic acids is 1. The molecule has 1 aromatic carbocycles. The lowest BCUT2D eigenvalue weighted by molar-refractivity contribution is -0.138. The Labute approximate surface area is 185 Å². The van der Waals surface area contributed by atoms with Gasteiger partial charge in [-0.3, -0.25) is 10.2 Å². The molecule has 1 fully saturated rings. The Morgan fingerprint density at radius 2 is 1.64 bits per heavy atom. The largest absolute Gasteiger partial charge is 0.493 e. The molecule has 3 heterocycles. The van der Waals surface area contributed by atoms with E-state index in [1.54, 1.807) is 0 Å². The summed E-state index contributed by atoms with van der Waals surface area (Å²) in [4.78, 5) is 19.7. The van der Waals surface area contributed by atoms with Gasteiger partial charge >= 0.3 is 18.4 Å². The van der Waals surface area contributed by atoms with E-state index in [1.165, 1.54) is 11.0 Å². The van der Waals surface area contributed by atoms with Crippen LogP contribution in [0.2, 0.25) is 0 Å². The second-order valence-electron chi connectivity index (χ2n) is 7.79. The molecule has 0 bridgehead atoms. The molecule has 0 spiro atoms. The van der Waals surface area contributed by atoms with Crippen LogP contribution in [0.5, 0.6) is 5.75 Å². The van der Waals surface area contributed by atoms with Gasteiger partial charge < -0.3 is 9.64 Å². The lowest BCUT2D eigenvalue weighted by atomic mass is 9.96. The standard InChI is InChI=1S/C21H20F6N4O2/c22-20(23,24)13-1-3-15-16(5-10-33-17(15)11-13)30-6-8-31(9-7-30)19(32)29-18-4-2-14(12-28-18)21(25,26)27/h1-4,11-12,16H,5-10H2,(H,28,29,32). The van der Waals surface area contributed by atoms with Gasteiger partial charge in [-0.05, 0) is 24.3 Å². The molecule has 178 valence electrons. The first-order chi connectivity index (χ1) is 15.5. The minimum absolute atomic E-state index is 0.00857. The van der Waals surface area contributed by atoms with Gasteiger partial charge in [0.1, 0.15) is 11.6 Å². The molecule has 0 saturated carbocycles. The maximum atomic E-state index is 13.0. The molecule has 6 nitrogen and oxygen atoms in total. The van der Waals surface area contributed by atoms with E-state index in [2.05, 4.69) is 15.2 Å². The fraction of sp³-hybridized carbons (Fsp3) is 0.429. The van der Waals surface area contributed by atoms with Gasteiger partial charge in [0.05, 0.1) is 17.7 Å². The van der Waals surface area contributed by atoms with Gasteiger partial charge in [-0.2, -0.15) is 26.3 Å². The van der Waals surface area contributed by atoms with Gasteiger partial charge in [0.15, 0.2) is 0 Å². The van der Waals surface area contributed by atoms with Crippen molar-refractivity contribution in [1.29, 1.82) is 0 Å². The van der Waals surface area contributed by atoms with E-state index in [9.17, 15) is 31.1 Å². The summed E-state index contributed by atoms with van der Waals surface area (Å²) in [5, 5.41) is 2.48. The third kappa shape index (κ3) is 5.15. The maximum absolute atomic E-state index is 13.0. The summed E-state index contributed by atoms with van der Waals surface area (Å²) in [6.07, 6.45) is -7.70. The zero-order chi connectivity index (χ0) is 23.8. The number of anilines is 1. The SMILES string of the molecule is O=C(Nc1ccc(C(F)(F)F)cn1)N1CCN(C2CCOc3cc(C(F)(F)F)ccc32)CC1. The van der Waals surface area contributed by atoms with Gasteiger partial charge in [-0.1, -0.05) is 6.07 Å². The number of alkyl halides is 6. The van der Waals surface area contributed by atoms with Crippen molar-refractivity contribution in [2.24, 2.45) is 0 Å². The van der Waals surface area contributed by atoms with Gasteiger partial charge in [0.2, 0.25) is 0 Å². The highest BCUT2D eigenvalue weighted by Gasteiger charge is 2.35. The highest BCUT2D eigenvalue weighted by molar-refractivity contribution is 5.88. The number of hydrogen-bond donors (Lipinski definition) is 1. The minimum atomic E-state index is -4.51. The third-order valence-corrected chi connectivity index (χ3v) is 5.72. The monoisotopic (exact) mass is 474 g/mol. The third-order valence-electron chi connectivity index (χ3n) is 5.72. The molecule has 2 aliphatic rings. The molecule has 2 amide bonds. The first-order valence-electron chi connectivity index (χ1n) is 10.2. The van der Waals surface area contributed by atoms with E-state index in [4.69, 9.17) is 4.74 Å². The summed E-state index contributed by atoms with van der Waals surface area (Å²) in [5.74, 6) is 0.226. The van der Waals surface area contributed by atoms with Crippen LogP contribution >= 0.6 is 0 Å². The van der Waals surface area contributed by atoms with Crippen LogP contribution in [-0.4, -0.2) is 53.6 Å². The molecule has 2 aliphatic heterocycles. The molecule has 1 saturated heterocycles. The predicted molar refractivity (Wildman–Crippen MR) is 106 cm³/mol. The number of rotatable bonds is 2. The Balaban J connectivity index is 1.36. The van der Waals surface area contributed by atoms with Gasteiger partial charge in [0.25, 0.3) is 0 Å². The van der Waals surface area contributed by atoms with Crippen LogP contribution < -0.4 is 10.1 Å². The van der Waals surface area contributed by atoms with Crippen LogP contribution in [0.25, 0.3) is 0 Å². The van der Waals surface area contributed by atoms with Crippen LogP contribution in [0, 0.1) is 0 Å². The number of hydrogen-bond acceptors (Lipinski definition) is 4. The van der Waals surface area contributed by atoms with E-state index in [1.807, 2.05) is 0 Å². The van der Waals surface area contributed by atoms with E-state index in [-0.39, 0.29) is 17.6 Å². The summed E-state index contributed by atoms with van der Waals surface area (Å²) in [5.41, 5.74) is -0.991. The van der Waals surface area contributed by atoms with Crippen LogP contribution in [0.15, 0.2) is 36.5 Å². The predicted octanol–water partition coefficient (Wildman–Crippen LogP) is 4.79. The van der Waals surface area contributed by atoms with Crippen LogP contribution in [0.1, 0.15) is 29.2 Å². The number of aromatic nitrogens is 1. The fourth-order valence-corrected chi connectivity index (χ4v) is 3.99. The number of urea groups is 1. The number of piperazine rings is 1. The Kier molecular flexibility index (Phi) is 6.12. The average Bonchev–Trinajstić information content (AvgIpc) is 2.77. The normalized spacial score (nSPS) is 19.6. The van der Waals surface area contributed by atoms with Crippen molar-refractivity contribution < 1.29 is 35.9 Å². The van der Waals surface area contributed by atoms with Crippen molar-refractivity contribution in [3.63, 3.8) is 0 Å². The average molecular weight is 474 g/mol. The van der Waals surface area contributed by atoms with Crippen molar-refractivity contribution in [2.45, 2.75) is 24.8 Å². The van der Waals surface area contributed by atoms with Crippen LogP contribution in [-0.2, 0) is 12.4 Å². The number of nitrogens with zero attached hydrogens (tertiary/aromatic N) is 3. The number of fused-ring (bicyclic) bond motifs is 1. The lowest BCUT2D eigenvalue weighted by Crippen LogP contribution is -2.51. The lowest BCUT2D eigenvalue weighted by Gasteiger charge is -2.41. The second-order valence-corrected chi connectivity index (χ2v) is 7.79. The topological polar surface area (TPSA) is 57.7 Å². The summed E-state index contributed by atoms with van der Waals surface area (Å²) in [6.45, 7) is 1.96. The van der Waals surface area contributed by atoms with Crippen molar-refractivity contribution in [3.05, 3.63) is 53.2 Å². The first-order valence-corrected chi connectivity index (χ1v) is 10.2. The highest BCUT2D eigenvalue weighted by Crippen LogP contribution is 2.40. The Bertz CT molecular complexity index is 1000. The molecular weight excluding hydrogens is 454 g/mol. The first kappa shape index (κ1) is 23.1. The van der Waals surface area contributed by atoms with Crippen molar-refractivity contribution in [3.8, 4) is 5.75 Å². The van der Waals surface area contributed by atoms with Crippen molar-refractivity contribution in [1.82, 2.24) is 14.8 Å².